The molecule has 1 aliphatic rings. The van der Waals surface area contributed by atoms with Crippen LogP contribution in [-0.2, 0) is 4.79 Å². The van der Waals surface area contributed by atoms with Crippen molar-refractivity contribution < 1.29 is 4.79 Å². The van der Waals surface area contributed by atoms with Crippen LogP contribution in [0.2, 0.25) is 10.3 Å². The molecule has 1 aromatic rings. The Morgan fingerprint density at radius 3 is 2.76 bits per heavy atom. The maximum Gasteiger partial charge on any atom is 0.227 e. The maximum atomic E-state index is 11.9. The van der Waals surface area contributed by atoms with E-state index in [2.05, 4.69) is 4.98 Å². The molecule has 1 aliphatic heterocycles. The van der Waals surface area contributed by atoms with Gasteiger partial charge in [0.15, 0.2) is 5.15 Å². The van der Waals surface area contributed by atoms with Gasteiger partial charge >= 0.3 is 0 Å². The summed E-state index contributed by atoms with van der Waals surface area (Å²) < 4.78 is 0. The average molecular weight is 294 g/mol. The van der Waals surface area contributed by atoms with Crippen molar-refractivity contribution in [1.82, 2.24) is 4.98 Å². The van der Waals surface area contributed by atoms with Gasteiger partial charge in [0.05, 0.1) is 5.69 Å². The van der Waals surface area contributed by atoms with E-state index in [0.717, 1.165) is 5.56 Å². The van der Waals surface area contributed by atoms with Gasteiger partial charge in [0.2, 0.25) is 5.91 Å². The lowest BCUT2D eigenvalue weighted by Crippen LogP contribution is -2.26. The predicted molar refractivity (Wildman–Crippen MR) is 70.2 cm³/mol. The molecule has 0 radical (unpaired) electrons. The number of amides is 1. The molecule has 1 unspecified atom stereocenters. The van der Waals surface area contributed by atoms with Crippen molar-refractivity contribution in [3.63, 3.8) is 0 Å². The van der Waals surface area contributed by atoms with E-state index < -0.39 is 0 Å². The molecular formula is C11H11Cl3N2O. The van der Waals surface area contributed by atoms with Gasteiger partial charge in [-0.15, -0.1) is 11.6 Å². The third kappa shape index (κ3) is 2.51. The molecule has 1 atom stereocenters. The third-order valence-corrected chi connectivity index (χ3v) is 3.70. The van der Waals surface area contributed by atoms with Crippen LogP contribution in [0.15, 0.2) is 6.07 Å². The van der Waals surface area contributed by atoms with Gasteiger partial charge in [-0.25, -0.2) is 4.98 Å². The minimum Gasteiger partial charge on any atom is -0.309 e. The fraction of sp³-hybridized carbons (Fsp3) is 0.455. The highest BCUT2D eigenvalue weighted by molar-refractivity contribution is 6.35. The Morgan fingerprint density at radius 2 is 2.24 bits per heavy atom. The Morgan fingerprint density at radius 1 is 1.53 bits per heavy atom. The van der Waals surface area contributed by atoms with Crippen LogP contribution in [0.3, 0.4) is 0 Å². The molecule has 17 heavy (non-hydrogen) atoms. The standard InChI is InChI=1S/C11H11Cl3N2O/c1-6-2-8(13)15-11(14)10(6)16-5-7(4-12)3-9(16)17/h2,7H,3-5H2,1H3. The Labute approximate surface area is 115 Å². The Balaban J connectivity index is 2.38. The van der Waals surface area contributed by atoms with Crippen molar-refractivity contribution in [3.8, 4) is 0 Å². The highest BCUT2D eigenvalue weighted by atomic mass is 35.5. The summed E-state index contributed by atoms with van der Waals surface area (Å²) in [5.74, 6) is 0.681. The summed E-state index contributed by atoms with van der Waals surface area (Å²) in [5.41, 5.74) is 1.49. The smallest absolute Gasteiger partial charge is 0.227 e. The molecule has 2 heterocycles. The third-order valence-electron chi connectivity index (χ3n) is 2.80. The summed E-state index contributed by atoms with van der Waals surface area (Å²) in [6.45, 7) is 2.45. The molecule has 0 saturated carbocycles. The second-order valence-corrected chi connectivity index (χ2v) is 5.18. The number of carbonyl (C=O) groups excluding carboxylic acids is 1. The van der Waals surface area contributed by atoms with Gasteiger partial charge in [-0.05, 0) is 24.5 Å². The van der Waals surface area contributed by atoms with Gasteiger partial charge in [-0.1, -0.05) is 23.2 Å². The molecule has 1 aromatic heterocycles. The lowest BCUT2D eigenvalue weighted by molar-refractivity contribution is -0.117. The molecule has 92 valence electrons. The molecule has 0 aliphatic carbocycles. The van der Waals surface area contributed by atoms with Crippen LogP contribution >= 0.6 is 34.8 Å². The normalized spacial score (nSPS) is 20.1. The number of rotatable bonds is 2. The summed E-state index contributed by atoms with van der Waals surface area (Å²) >= 11 is 17.6. The van der Waals surface area contributed by atoms with Gasteiger partial charge in [-0.3, -0.25) is 4.79 Å². The van der Waals surface area contributed by atoms with E-state index in [1.54, 1.807) is 11.0 Å². The summed E-state index contributed by atoms with van der Waals surface area (Å²) in [4.78, 5) is 17.5. The SMILES string of the molecule is Cc1cc(Cl)nc(Cl)c1N1CC(CCl)CC1=O. The summed E-state index contributed by atoms with van der Waals surface area (Å²) in [5, 5.41) is 0.593. The highest BCUT2D eigenvalue weighted by Gasteiger charge is 2.32. The van der Waals surface area contributed by atoms with Gasteiger partial charge < -0.3 is 4.90 Å². The maximum absolute atomic E-state index is 11.9. The zero-order valence-electron chi connectivity index (χ0n) is 9.21. The monoisotopic (exact) mass is 292 g/mol. The molecule has 0 bridgehead atoms. The van der Waals surface area contributed by atoms with Crippen LogP contribution in [0, 0.1) is 12.8 Å². The number of nitrogens with zero attached hydrogens (tertiary/aromatic N) is 2. The minimum atomic E-state index is 0.0322. The van der Waals surface area contributed by atoms with Gasteiger partial charge in [0.1, 0.15) is 5.15 Å². The molecule has 0 N–H and O–H groups in total. The first-order chi connectivity index (χ1) is 8.02. The van der Waals surface area contributed by atoms with Crippen molar-refractivity contribution in [1.29, 1.82) is 0 Å². The number of aromatic nitrogens is 1. The number of anilines is 1. The molecule has 2 rings (SSSR count). The number of halogens is 3. The fourth-order valence-corrected chi connectivity index (χ4v) is 2.85. The summed E-state index contributed by atoms with van der Waals surface area (Å²) in [6, 6.07) is 1.70. The van der Waals surface area contributed by atoms with Crippen LogP contribution < -0.4 is 4.90 Å². The summed E-state index contributed by atoms with van der Waals surface area (Å²) in [6.07, 6.45) is 0.460. The molecule has 1 saturated heterocycles. The average Bonchev–Trinajstić information content (AvgIpc) is 2.59. The van der Waals surface area contributed by atoms with Crippen LogP contribution in [0.1, 0.15) is 12.0 Å². The first-order valence-corrected chi connectivity index (χ1v) is 6.51. The predicted octanol–water partition coefficient (Wildman–Crippen LogP) is 3.29. The zero-order valence-corrected chi connectivity index (χ0v) is 11.5. The summed E-state index contributed by atoms with van der Waals surface area (Å²) in [7, 11) is 0. The van der Waals surface area contributed by atoms with E-state index in [0.29, 0.717) is 29.7 Å². The van der Waals surface area contributed by atoms with Crippen molar-refractivity contribution in [2.45, 2.75) is 13.3 Å². The Kier molecular flexibility index (Phi) is 3.81. The first kappa shape index (κ1) is 12.9. The molecular weight excluding hydrogens is 282 g/mol. The molecule has 0 aromatic carbocycles. The lowest BCUT2D eigenvalue weighted by atomic mass is 10.1. The van der Waals surface area contributed by atoms with Crippen molar-refractivity contribution in [2.75, 3.05) is 17.3 Å². The quantitative estimate of drug-likeness (QED) is 0.619. The zero-order chi connectivity index (χ0) is 12.6. The number of alkyl halides is 1. The number of hydrogen-bond acceptors (Lipinski definition) is 2. The Hall–Kier alpha value is -0.510. The van der Waals surface area contributed by atoms with Crippen molar-refractivity contribution >= 4 is 46.4 Å². The minimum absolute atomic E-state index is 0.0322. The molecule has 1 amide bonds. The first-order valence-electron chi connectivity index (χ1n) is 5.22. The molecule has 6 heteroatoms. The van der Waals surface area contributed by atoms with Crippen LogP contribution in [-0.4, -0.2) is 23.3 Å². The van der Waals surface area contributed by atoms with E-state index in [9.17, 15) is 4.79 Å². The van der Waals surface area contributed by atoms with Crippen LogP contribution in [0.4, 0.5) is 5.69 Å². The second-order valence-electron chi connectivity index (χ2n) is 4.13. The van der Waals surface area contributed by atoms with E-state index in [1.807, 2.05) is 6.92 Å². The largest absolute Gasteiger partial charge is 0.309 e. The molecule has 3 nitrogen and oxygen atoms in total. The van der Waals surface area contributed by atoms with E-state index >= 15 is 0 Å². The second kappa shape index (κ2) is 5.01. The molecule has 1 fully saturated rings. The lowest BCUT2D eigenvalue weighted by Gasteiger charge is -2.19. The number of carbonyl (C=O) groups is 1. The highest BCUT2D eigenvalue weighted by Crippen LogP contribution is 2.34. The van der Waals surface area contributed by atoms with Gasteiger partial charge in [0.25, 0.3) is 0 Å². The number of hydrogen-bond donors (Lipinski definition) is 0. The van der Waals surface area contributed by atoms with Gasteiger partial charge in [0, 0.05) is 18.8 Å². The van der Waals surface area contributed by atoms with Crippen molar-refractivity contribution in [3.05, 3.63) is 21.9 Å². The topological polar surface area (TPSA) is 33.2 Å². The van der Waals surface area contributed by atoms with Crippen LogP contribution in [0.5, 0.6) is 0 Å². The van der Waals surface area contributed by atoms with Crippen LogP contribution in [0.25, 0.3) is 0 Å². The van der Waals surface area contributed by atoms with Crippen molar-refractivity contribution in [2.24, 2.45) is 5.92 Å². The molecule has 0 spiro atoms. The van der Waals surface area contributed by atoms with E-state index in [1.165, 1.54) is 0 Å². The fourth-order valence-electron chi connectivity index (χ4n) is 2.01. The van der Waals surface area contributed by atoms with Gasteiger partial charge in [-0.2, -0.15) is 0 Å². The number of pyridine rings is 1. The Bertz CT molecular complexity index is 441. The van der Waals surface area contributed by atoms with E-state index in [-0.39, 0.29) is 17.0 Å². The number of aryl methyl sites for hydroxylation is 1. The van der Waals surface area contributed by atoms with E-state index in [4.69, 9.17) is 34.8 Å².